The van der Waals surface area contributed by atoms with Crippen LogP contribution in [-0.4, -0.2) is 30.4 Å². The third-order valence-corrected chi connectivity index (χ3v) is 6.37. The minimum atomic E-state index is -1.09. The minimum absolute atomic E-state index is 0.0940. The zero-order valence-corrected chi connectivity index (χ0v) is 18.6. The summed E-state index contributed by atoms with van der Waals surface area (Å²) >= 11 is 0. The molecule has 2 atom stereocenters. The number of carbonyl (C=O) groups is 4. The largest absolute Gasteiger partial charge is 0.380 e. The van der Waals surface area contributed by atoms with Gasteiger partial charge in [0.1, 0.15) is 11.7 Å². The molecule has 2 unspecified atom stereocenters. The zero-order valence-electron chi connectivity index (χ0n) is 18.6. The highest BCUT2D eigenvalue weighted by Crippen LogP contribution is 2.43. The van der Waals surface area contributed by atoms with Crippen LogP contribution in [0.4, 0.5) is 5.69 Å². The maximum atomic E-state index is 13.3. The smallest absolute Gasteiger partial charge is 0.295 e. The van der Waals surface area contributed by atoms with Crippen LogP contribution in [0.3, 0.4) is 0 Å². The topological polar surface area (TPSA) is 80.8 Å². The molecule has 1 saturated heterocycles. The van der Waals surface area contributed by atoms with Gasteiger partial charge in [0.2, 0.25) is 5.78 Å². The van der Waals surface area contributed by atoms with Crippen molar-refractivity contribution in [3.8, 4) is 0 Å². The van der Waals surface area contributed by atoms with Gasteiger partial charge in [-0.3, -0.25) is 24.1 Å². The van der Waals surface area contributed by atoms with Crippen molar-refractivity contribution in [2.45, 2.75) is 45.8 Å². The first-order chi connectivity index (χ1) is 15.3. The molecule has 2 aromatic carbocycles. The molecular formula is C26H27NO5. The summed E-state index contributed by atoms with van der Waals surface area (Å²) in [5.41, 5.74) is 3.63. The quantitative estimate of drug-likeness (QED) is 0.511. The number of benzene rings is 2. The Bertz CT molecular complexity index is 1100. The first-order valence-electron chi connectivity index (χ1n) is 11.0. The maximum Gasteiger partial charge on any atom is 0.295 e. The van der Waals surface area contributed by atoms with E-state index in [9.17, 15) is 19.2 Å². The number of hydrogen-bond acceptors (Lipinski definition) is 5. The van der Waals surface area contributed by atoms with E-state index in [0.29, 0.717) is 24.3 Å². The van der Waals surface area contributed by atoms with Gasteiger partial charge >= 0.3 is 0 Å². The third kappa shape index (κ3) is 3.69. The average Bonchev–Trinajstić information content (AvgIpc) is 3.04. The Morgan fingerprint density at radius 1 is 1.09 bits per heavy atom. The number of amides is 1. The van der Waals surface area contributed by atoms with Crippen LogP contribution >= 0.6 is 0 Å². The van der Waals surface area contributed by atoms with Crippen molar-refractivity contribution in [1.29, 1.82) is 0 Å². The summed E-state index contributed by atoms with van der Waals surface area (Å²) in [5.74, 6) is -3.01. The number of hydrogen-bond donors (Lipinski definition) is 0. The van der Waals surface area contributed by atoms with Crippen LogP contribution in [-0.2, 0) is 32.1 Å². The van der Waals surface area contributed by atoms with E-state index in [1.165, 1.54) is 4.90 Å². The summed E-state index contributed by atoms with van der Waals surface area (Å²) in [6, 6.07) is 11.9. The highest BCUT2D eigenvalue weighted by Gasteiger charge is 2.53. The molecule has 6 heteroatoms. The second kappa shape index (κ2) is 8.79. The molecule has 1 aliphatic carbocycles. The van der Waals surface area contributed by atoms with Gasteiger partial charge in [-0.25, -0.2) is 0 Å². The molecule has 0 bridgehead atoms. The van der Waals surface area contributed by atoms with Crippen LogP contribution in [0.25, 0.3) is 0 Å². The number of aryl methyl sites for hydroxylation is 1. The SMILES string of the molecule is COCc1ccccc1C1C(C(=O)C(C)C)C(=O)C(=O)N1c1ccc2c(c1)CCCC2=O. The van der Waals surface area contributed by atoms with Gasteiger partial charge in [0.05, 0.1) is 12.6 Å². The Morgan fingerprint density at radius 2 is 1.84 bits per heavy atom. The summed E-state index contributed by atoms with van der Waals surface area (Å²) in [5, 5.41) is 0. The fourth-order valence-corrected chi connectivity index (χ4v) is 4.80. The van der Waals surface area contributed by atoms with Crippen molar-refractivity contribution in [2.24, 2.45) is 11.8 Å². The highest BCUT2D eigenvalue weighted by atomic mass is 16.5. The van der Waals surface area contributed by atoms with Gasteiger partial charge < -0.3 is 4.74 Å². The molecule has 6 nitrogen and oxygen atoms in total. The molecule has 2 aromatic rings. The third-order valence-electron chi connectivity index (χ3n) is 6.37. The van der Waals surface area contributed by atoms with Gasteiger partial charge in [-0.1, -0.05) is 38.1 Å². The molecule has 166 valence electrons. The van der Waals surface area contributed by atoms with Crippen LogP contribution in [0.1, 0.15) is 59.8 Å². The van der Waals surface area contributed by atoms with Crippen LogP contribution < -0.4 is 4.90 Å². The van der Waals surface area contributed by atoms with Crippen molar-refractivity contribution in [3.63, 3.8) is 0 Å². The molecule has 2 aliphatic rings. The fourth-order valence-electron chi connectivity index (χ4n) is 4.80. The van der Waals surface area contributed by atoms with E-state index in [-0.39, 0.29) is 11.6 Å². The van der Waals surface area contributed by atoms with Crippen molar-refractivity contribution in [1.82, 2.24) is 0 Å². The molecule has 0 aromatic heterocycles. The van der Waals surface area contributed by atoms with E-state index in [1.807, 2.05) is 30.3 Å². The summed E-state index contributed by atoms with van der Waals surface area (Å²) in [4.78, 5) is 53.2. The predicted octanol–water partition coefficient (Wildman–Crippen LogP) is 3.85. The lowest BCUT2D eigenvalue weighted by molar-refractivity contribution is -0.139. The van der Waals surface area contributed by atoms with E-state index in [2.05, 4.69) is 0 Å². The Balaban J connectivity index is 1.88. The number of methoxy groups -OCH3 is 1. The van der Waals surface area contributed by atoms with E-state index in [0.717, 1.165) is 29.5 Å². The predicted molar refractivity (Wildman–Crippen MR) is 119 cm³/mol. The molecule has 0 saturated carbocycles. The summed E-state index contributed by atoms with van der Waals surface area (Å²) in [6.07, 6.45) is 2.02. The summed E-state index contributed by atoms with van der Waals surface area (Å²) in [6.45, 7) is 3.78. The van der Waals surface area contributed by atoms with Gasteiger partial charge in [-0.15, -0.1) is 0 Å². The first kappa shape index (κ1) is 22.1. The zero-order chi connectivity index (χ0) is 23.0. The van der Waals surface area contributed by atoms with Gasteiger partial charge in [0.15, 0.2) is 5.78 Å². The normalized spacial score (nSPS) is 20.8. The number of carbonyl (C=O) groups excluding carboxylic acids is 4. The number of Topliss-reactive ketones (excluding diaryl/α,β-unsaturated/α-hetero) is 3. The van der Waals surface area contributed by atoms with Crippen LogP contribution in [0.5, 0.6) is 0 Å². The molecule has 32 heavy (non-hydrogen) atoms. The number of ketones is 3. The van der Waals surface area contributed by atoms with E-state index in [1.54, 1.807) is 33.1 Å². The van der Waals surface area contributed by atoms with Crippen molar-refractivity contribution in [3.05, 3.63) is 64.7 Å². The Hall–Kier alpha value is -3.12. The van der Waals surface area contributed by atoms with Gasteiger partial charge in [-0.05, 0) is 47.7 Å². The molecule has 0 N–H and O–H groups in total. The van der Waals surface area contributed by atoms with E-state index in [4.69, 9.17) is 4.74 Å². The van der Waals surface area contributed by atoms with Crippen molar-refractivity contribution in [2.75, 3.05) is 12.0 Å². The maximum absolute atomic E-state index is 13.3. The minimum Gasteiger partial charge on any atom is -0.380 e. The fraction of sp³-hybridized carbons (Fsp3) is 0.385. The highest BCUT2D eigenvalue weighted by molar-refractivity contribution is 6.48. The lowest BCUT2D eigenvalue weighted by Gasteiger charge is -2.30. The number of nitrogens with zero attached hydrogens (tertiary/aromatic N) is 1. The van der Waals surface area contributed by atoms with Crippen LogP contribution in [0, 0.1) is 11.8 Å². The van der Waals surface area contributed by atoms with E-state index >= 15 is 0 Å². The lowest BCUT2D eigenvalue weighted by Crippen LogP contribution is -2.32. The number of rotatable bonds is 6. The molecule has 1 fully saturated rings. The summed E-state index contributed by atoms with van der Waals surface area (Å²) < 4.78 is 5.34. The Morgan fingerprint density at radius 3 is 2.56 bits per heavy atom. The molecular weight excluding hydrogens is 406 g/mol. The average molecular weight is 434 g/mol. The van der Waals surface area contributed by atoms with Crippen molar-refractivity contribution < 1.29 is 23.9 Å². The van der Waals surface area contributed by atoms with Gasteiger partial charge in [0, 0.05) is 30.7 Å². The molecule has 1 heterocycles. The second-order valence-corrected chi connectivity index (χ2v) is 8.77. The second-order valence-electron chi connectivity index (χ2n) is 8.77. The number of fused-ring (bicyclic) bond motifs is 1. The van der Waals surface area contributed by atoms with Gasteiger partial charge in [-0.2, -0.15) is 0 Å². The lowest BCUT2D eigenvalue weighted by atomic mass is 9.83. The molecule has 1 aliphatic heterocycles. The molecule has 0 radical (unpaired) electrons. The number of ether oxygens (including phenoxy) is 1. The molecule has 4 rings (SSSR count). The standard InChI is InChI=1S/C26H27NO5/c1-15(2)24(29)22-23(20-9-5-4-7-17(20)14-32-3)27(26(31)25(22)30)18-11-12-19-16(13-18)8-6-10-21(19)28/h4-5,7,9,11-13,15,22-23H,6,8,10,14H2,1-3H3. The van der Waals surface area contributed by atoms with Crippen LogP contribution in [0.15, 0.2) is 42.5 Å². The molecule has 0 spiro atoms. The number of anilines is 1. The van der Waals surface area contributed by atoms with Gasteiger partial charge in [0.25, 0.3) is 5.91 Å². The molecule has 1 amide bonds. The Kier molecular flexibility index (Phi) is 6.07. The monoisotopic (exact) mass is 433 g/mol. The van der Waals surface area contributed by atoms with E-state index < -0.39 is 29.6 Å². The van der Waals surface area contributed by atoms with Crippen LogP contribution in [0.2, 0.25) is 0 Å². The summed E-state index contributed by atoms with van der Waals surface area (Å²) in [7, 11) is 1.58. The first-order valence-corrected chi connectivity index (χ1v) is 11.0. The Labute approximate surface area is 187 Å². The van der Waals surface area contributed by atoms with Crippen molar-refractivity contribution >= 4 is 28.9 Å².